The van der Waals surface area contributed by atoms with Gasteiger partial charge in [0.05, 0.1) is 12.7 Å². The van der Waals surface area contributed by atoms with Crippen LogP contribution in [0.3, 0.4) is 0 Å². The molecular weight excluding hydrogens is 306 g/mol. The van der Waals surface area contributed by atoms with Gasteiger partial charge in [-0.05, 0) is 44.7 Å². The number of carbonyl (C=O) groups is 2. The molecule has 0 radical (unpaired) electrons. The first kappa shape index (κ1) is 16.8. The molecule has 130 valence electrons. The van der Waals surface area contributed by atoms with Crippen molar-refractivity contribution >= 4 is 11.8 Å². The number of hydrogen-bond acceptors (Lipinski definition) is 5. The van der Waals surface area contributed by atoms with E-state index in [4.69, 9.17) is 0 Å². The first-order chi connectivity index (χ1) is 11.7. The number of nitrogens with one attached hydrogen (secondary N) is 2. The zero-order valence-electron chi connectivity index (χ0n) is 13.9. The molecule has 2 aliphatic rings. The molecule has 0 spiro atoms. The van der Waals surface area contributed by atoms with Gasteiger partial charge < -0.3 is 15.5 Å². The van der Waals surface area contributed by atoms with Crippen LogP contribution in [0.5, 0.6) is 0 Å². The van der Waals surface area contributed by atoms with E-state index in [1.807, 2.05) is 0 Å². The number of carbonyl (C=O) groups excluding carboxylic acids is 2. The molecule has 2 fully saturated rings. The van der Waals surface area contributed by atoms with E-state index in [-0.39, 0.29) is 24.1 Å². The summed E-state index contributed by atoms with van der Waals surface area (Å²) in [6.07, 6.45) is 10.5. The minimum atomic E-state index is -0.380. The Morgan fingerprint density at radius 3 is 2.83 bits per heavy atom. The van der Waals surface area contributed by atoms with Crippen LogP contribution in [0, 0.1) is 5.92 Å². The van der Waals surface area contributed by atoms with Gasteiger partial charge in [-0.3, -0.25) is 14.6 Å². The summed E-state index contributed by atoms with van der Waals surface area (Å²) < 4.78 is 0. The van der Waals surface area contributed by atoms with E-state index in [1.54, 1.807) is 0 Å². The molecule has 2 aliphatic heterocycles. The van der Waals surface area contributed by atoms with Gasteiger partial charge >= 0.3 is 0 Å². The molecule has 2 amide bonds. The molecule has 2 atom stereocenters. The van der Waals surface area contributed by atoms with E-state index in [0.29, 0.717) is 18.5 Å². The third kappa shape index (κ3) is 4.29. The second kappa shape index (κ2) is 8.19. The van der Waals surface area contributed by atoms with Crippen molar-refractivity contribution in [1.29, 1.82) is 0 Å². The van der Waals surface area contributed by atoms with Crippen LogP contribution in [0.2, 0.25) is 0 Å². The maximum absolute atomic E-state index is 12.0. The molecule has 0 aliphatic carbocycles. The zero-order valence-corrected chi connectivity index (χ0v) is 13.9. The van der Waals surface area contributed by atoms with Crippen molar-refractivity contribution in [2.24, 2.45) is 5.92 Å². The van der Waals surface area contributed by atoms with Crippen molar-refractivity contribution < 1.29 is 9.59 Å². The second-order valence-electron chi connectivity index (χ2n) is 6.58. The summed E-state index contributed by atoms with van der Waals surface area (Å²) in [5.41, 5.74) is 0.218. The van der Waals surface area contributed by atoms with Gasteiger partial charge in [0.2, 0.25) is 5.91 Å². The van der Waals surface area contributed by atoms with E-state index >= 15 is 0 Å². The molecule has 2 saturated heterocycles. The topological polar surface area (TPSA) is 87.2 Å². The molecule has 0 unspecified atom stereocenters. The molecule has 3 rings (SSSR count). The Kier molecular flexibility index (Phi) is 5.74. The first-order valence-corrected chi connectivity index (χ1v) is 8.79. The van der Waals surface area contributed by atoms with Crippen LogP contribution in [-0.4, -0.2) is 58.9 Å². The van der Waals surface area contributed by atoms with Crippen molar-refractivity contribution in [3.63, 3.8) is 0 Å². The van der Waals surface area contributed by atoms with E-state index in [0.717, 1.165) is 0 Å². The van der Waals surface area contributed by atoms with Crippen LogP contribution in [0.15, 0.2) is 18.6 Å². The van der Waals surface area contributed by atoms with Crippen molar-refractivity contribution in [3.05, 3.63) is 24.3 Å². The Hall–Kier alpha value is -2.02. The van der Waals surface area contributed by atoms with Gasteiger partial charge in [-0.15, -0.1) is 0 Å². The Morgan fingerprint density at radius 1 is 1.12 bits per heavy atom. The number of fused-ring (bicyclic) bond motifs is 1. The lowest BCUT2D eigenvalue weighted by molar-refractivity contribution is -0.120. The molecule has 2 N–H and O–H groups in total. The van der Waals surface area contributed by atoms with E-state index in [1.165, 1.54) is 63.8 Å². The predicted molar refractivity (Wildman–Crippen MR) is 89.3 cm³/mol. The quantitative estimate of drug-likeness (QED) is 0.824. The van der Waals surface area contributed by atoms with Crippen LogP contribution in [0.1, 0.15) is 42.6 Å². The maximum Gasteiger partial charge on any atom is 0.271 e. The molecule has 1 aromatic rings. The number of amides is 2. The molecule has 0 bridgehead atoms. The molecule has 0 aromatic carbocycles. The molecule has 7 nitrogen and oxygen atoms in total. The summed E-state index contributed by atoms with van der Waals surface area (Å²) in [5.74, 6) is -0.00626. The highest BCUT2D eigenvalue weighted by Gasteiger charge is 2.32. The molecular formula is C17H25N5O2. The summed E-state index contributed by atoms with van der Waals surface area (Å²) in [6, 6.07) is 0.613. The van der Waals surface area contributed by atoms with Crippen LogP contribution < -0.4 is 10.6 Å². The number of hydrogen-bond donors (Lipinski definition) is 2. The SMILES string of the molecule is O=C(CNC(=O)c1cnccn1)NC[C@H]1CCCN2CCCC[C@H]12. The Bertz CT molecular complexity index is 563. The first-order valence-electron chi connectivity index (χ1n) is 8.79. The number of piperidine rings is 2. The lowest BCUT2D eigenvalue weighted by Crippen LogP contribution is -2.51. The third-order valence-electron chi connectivity index (χ3n) is 5.00. The van der Waals surface area contributed by atoms with Gasteiger partial charge in [-0.2, -0.15) is 0 Å². The fraction of sp³-hybridized carbons (Fsp3) is 0.647. The van der Waals surface area contributed by atoms with Crippen LogP contribution in [-0.2, 0) is 4.79 Å². The fourth-order valence-electron chi connectivity index (χ4n) is 3.79. The smallest absolute Gasteiger partial charge is 0.271 e. The predicted octanol–water partition coefficient (Wildman–Crippen LogP) is 0.587. The summed E-state index contributed by atoms with van der Waals surface area (Å²) >= 11 is 0. The minimum absolute atomic E-state index is 0.0312. The summed E-state index contributed by atoms with van der Waals surface area (Å²) in [5, 5.41) is 5.55. The standard InChI is InChI=1S/C17H25N5O2/c23-16(12-21-17(24)14-11-18-6-7-19-14)20-10-13-4-3-9-22-8-2-1-5-15(13)22/h6-7,11,13,15H,1-5,8-10,12H2,(H,20,23)(H,21,24)/t13-,15-/m1/s1. The molecule has 7 heteroatoms. The maximum atomic E-state index is 12.0. The Balaban J connectivity index is 1.41. The van der Waals surface area contributed by atoms with Gasteiger partial charge in [0.25, 0.3) is 5.91 Å². The average molecular weight is 331 g/mol. The summed E-state index contributed by atoms with van der Waals surface area (Å²) in [7, 11) is 0. The van der Waals surface area contributed by atoms with Gasteiger partial charge in [0, 0.05) is 25.0 Å². The monoisotopic (exact) mass is 331 g/mol. The fourth-order valence-corrected chi connectivity index (χ4v) is 3.79. The zero-order chi connectivity index (χ0) is 16.8. The highest BCUT2D eigenvalue weighted by molar-refractivity contribution is 5.94. The second-order valence-corrected chi connectivity index (χ2v) is 6.58. The summed E-state index contributed by atoms with van der Waals surface area (Å²) in [4.78, 5) is 34.2. The van der Waals surface area contributed by atoms with Crippen LogP contribution in [0.4, 0.5) is 0 Å². The molecule has 1 aromatic heterocycles. The third-order valence-corrected chi connectivity index (χ3v) is 5.00. The normalized spacial score (nSPS) is 24.0. The van der Waals surface area contributed by atoms with E-state index in [9.17, 15) is 9.59 Å². The molecule has 0 saturated carbocycles. The lowest BCUT2D eigenvalue weighted by atomic mass is 9.83. The molecule has 3 heterocycles. The van der Waals surface area contributed by atoms with Crippen LogP contribution >= 0.6 is 0 Å². The van der Waals surface area contributed by atoms with E-state index in [2.05, 4.69) is 25.5 Å². The highest BCUT2D eigenvalue weighted by Crippen LogP contribution is 2.30. The molecule has 24 heavy (non-hydrogen) atoms. The van der Waals surface area contributed by atoms with Gasteiger partial charge in [-0.25, -0.2) is 4.98 Å². The van der Waals surface area contributed by atoms with Crippen molar-refractivity contribution in [2.45, 2.75) is 38.1 Å². The number of rotatable bonds is 5. The minimum Gasteiger partial charge on any atom is -0.354 e. The van der Waals surface area contributed by atoms with Crippen molar-refractivity contribution in [1.82, 2.24) is 25.5 Å². The van der Waals surface area contributed by atoms with E-state index < -0.39 is 0 Å². The van der Waals surface area contributed by atoms with Crippen LogP contribution in [0.25, 0.3) is 0 Å². The lowest BCUT2D eigenvalue weighted by Gasteiger charge is -2.44. The number of nitrogens with zero attached hydrogens (tertiary/aromatic N) is 3. The number of aromatic nitrogens is 2. The average Bonchev–Trinajstić information content (AvgIpc) is 2.65. The Morgan fingerprint density at radius 2 is 2.00 bits per heavy atom. The summed E-state index contributed by atoms with van der Waals surface area (Å²) in [6.45, 7) is 3.06. The van der Waals surface area contributed by atoms with Gasteiger partial charge in [-0.1, -0.05) is 6.42 Å². The van der Waals surface area contributed by atoms with Gasteiger partial charge in [0.1, 0.15) is 5.69 Å². The van der Waals surface area contributed by atoms with Crippen molar-refractivity contribution in [2.75, 3.05) is 26.2 Å². The Labute approximate surface area is 142 Å². The highest BCUT2D eigenvalue weighted by atomic mass is 16.2. The van der Waals surface area contributed by atoms with Gasteiger partial charge in [0.15, 0.2) is 0 Å². The largest absolute Gasteiger partial charge is 0.354 e. The van der Waals surface area contributed by atoms with Crippen molar-refractivity contribution in [3.8, 4) is 0 Å².